The average Bonchev–Trinajstić information content (AvgIpc) is 1.85. The highest BCUT2D eigenvalue weighted by molar-refractivity contribution is 8.50. The summed E-state index contributed by atoms with van der Waals surface area (Å²) in [4.78, 5) is 8.19. The Morgan fingerprint density at radius 3 is 2.40 bits per heavy atom. The van der Waals surface area contributed by atoms with Crippen LogP contribution in [0.5, 0.6) is 0 Å². The summed E-state index contributed by atoms with van der Waals surface area (Å²) in [6.45, 7) is 1.98. The van der Waals surface area contributed by atoms with Gasteiger partial charge in [0, 0.05) is 5.75 Å². The number of thiocarbonyl (C=S) groups is 1. The Kier molecular flexibility index (Phi) is 15.6. The first-order valence-electron chi connectivity index (χ1n) is 2.58. The minimum Gasteiger partial charge on any atom is -0.339 e. The third kappa shape index (κ3) is 23.9. The molecule has 10 heavy (non-hydrogen) atoms. The van der Waals surface area contributed by atoms with Crippen LogP contribution < -0.4 is 0 Å². The highest BCUT2D eigenvalue weighted by atomic mass is 32.7. The summed E-state index contributed by atoms with van der Waals surface area (Å²) in [7, 11) is -2.23. The number of isothiocyanates is 1. The summed E-state index contributed by atoms with van der Waals surface area (Å²) in [5, 5.41) is 7.36. The molecule has 0 aliphatic carbocycles. The second-order valence-corrected chi connectivity index (χ2v) is 4.56. The molecule has 1 atom stereocenters. The largest absolute Gasteiger partial charge is 0.339 e. The van der Waals surface area contributed by atoms with Gasteiger partial charge in [-0.15, -0.1) is 0 Å². The van der Waals surface area contributed by atoms with Gasteiger partial charge in [0.15, 0.2) is 0 Å². The molecule has 0 radical (unpaired) electrons. The van der Waals surface area contributed by atoms with E-state index in [2.05, 4.69) is 12.2 Å². The van der Waals surface area contributed by atoms with Gasteiger partial charge >= 0.3 is 0 Å². The van der Waals surface area contributed by atoms with Crippen LogP contribution in [-0.2, 0) is 4.57 Å². The van der Waals surface area contributed by atoms with E-state index in [1.54, 1.807) is 5.16 Å². The number of nitrogens with one attached hydrogen (secondary N) is 1. The van der Waals surface area contributed by atoms with Gasteiger partial charge in [-0.1, -0.05) is 18.3 Å². The molecule has 0 fully saturated rings. The van der Waals surface area contributed by atoms with Crippen molar-refractivity contribution in [2.45, 2.75) is 13.3 Å². The van der Waals surface area contributed by atoms with Crippen molar-refractivity contribution in [2.75, 3.05) is 5.75 Å². The lowest BCUT2D eigenvalue weighted by molar-refractivity contribution is 0.519. The zero-order valence-electron chi connectivity index (χ0n) is 5.59. The summed E-state index contributed by atoms with van der Waals surface area (Å²) in [6.07, 6.45) is 0.974. The first kappa shape index (κ1) is 13.0. The Labute approximate surface area is 70.3 Å². The van der Waals surface area contributed by atoms with Crippen molar-refractivity contribution in [1.82, 2.24) is 0 Å². The number of hydrogen-bond acceptors (Lipinski definition) is 4. The van der Waals surface area contributed by atoms with Crippen LogP contribution in [0.3, 0.4) is 0 Å². The predicted molar refractivity (Wildman–Crippen MR) is 49.3 cm³/mol. The van der Waals surface area contributed by atoms with Gasteiger partial charge in [-0.2, -0.15) is 0 Å². The van der Waals surface area contributed by atoms with Gasteiger partial charge in [-0.3, -0.25) is 4.57 Å². The van der Waals surface area contributed by atoms with E-state index in [-0.39, 0.29) is 0 Å². The van der Waals surface area contributed by atoms with Gasteiger partial charge in [0.1, 0.15) is 0 Å². The third-order valence-electron chi connectivity index (χ3n) is 0.430. The molecule has 0 saturated carbocycles. The lowest BCUT2D eigenvalue weighted by Crippen LogP contribution is -1.64. The molecule has 0 saturated heterocycles. The first-order valence-corrected chi connectivity index (χ1v) is 6.06. The van der Waals surface area contributed by atoms with Crippen molar-refractivity contribution >= 4 is 36.0 Å². The molecule has 0 aromatic heterocycles. The molecule has 0 rings (SSSR count). The number of rotatable bonds is 3. The molecular weight excluding hydrogens is 189 g/mol. The second kappa shape index (κ2) is 12.1. The van der Waals surface area contributed by atoms with Crippen LogP contribution in [0, 0.1) is 5.41 Å². The molecule has 0 heterocycles. The molecule has 1 unspecified atom stereocenters. The van der Waals surface area contributed by atoms with Crippen LogP contribution in [0.1, 0.15) is 13.3 Å². The van der Waals surface area contributed by atoms with Gasteiger partial charge in [0.05, 0.1) is 5.16 Å². The van der Waals surface area contributed by atoms with E-state index in [0.717, 1.165) is 23.6 Å². The summed E-state index contributed by atoms with van der Waals surface area (Å²) >= 11 is 4.94. The van der Waals surface area contributed by atoms with Gasteiger partial charge in [-0.25, -0.2) is 5.41 Å². The smallest absolute Gasteiger partial charge is 0.243 e. The van der Waals surface area contributed by atoms with Crippen LogP contribution in [0.2, 0.25) is 0 Å². The standard InChI is InChI=1S/C3H9O2PS.CHNS/c1-2-3-7-6(4)5;2-1-3/h6H,2-3H2,1H3,(H,4,5);2H. The summed E-state index contributed by atoms with van der Waals surface area (Å²) < 4.78 is 9.91. The van der Waals surface area contributed by atoms with Gasteiger partial charge in [0.25, 0.3) is 0 Å². The quantitative estimate of drug-likeness (QED) is 0.415. The molecule has 0 aliphatic rings. The van der Waals surface area contributed by atoms with Crippen molar-refractivity contribution in [3.63, 3.8) is 0 Å². The van der Waals surface area contributed by atoms with E-state index < -0.39 is 7.23 Å². The number of hydrogen-bond donors (Lipinski definition) is 2. The molecular formula is C4H10NO2PS2. The van der Waals surface area contributed by atoms with Crippen molar-refractivity contribution in [1.29, 1.82) is 5.41 Å². The minimum absolute atomic E-state index is 0.800. The highest BCUT2D eigenvalue weighted by Gasteiger charge is 1.87. The molecule has 0 aromatic carbocycles. The zero-order chi connectivity index (χ0) is 8.41. The highest BCUT2D eigenvalue weighted by Crippen LogP contribution is 2.32. The zero-order valence-corrected chi connectivity index (χ0v) is 8.22. The van der Waals surface area contributed by atoms with Crippen molar-refractivity contribution in [2.24, 2.45) is 0 Å². The first-order chi connectivity index (χ1) is 4.68. The molecule has 2 N–H and O–H groups in total. The van der Waals surface area contributed by atoms with E-state index in [1.165, 1.54) is 0 Å². The fraction of sp³-hybridized carbons (Fsp3) is 0.750. The third-order valence-corrected chi connectivity index (χ3v) is 2.64. The van der Waals surface area contributed by atoms with Crippen molar-refractivity contribution in [3.8, 4) is 0 Å². The second-order valence-electron chi connectivity index (χ2n) is 1.22. The SMILES string of the molecule is CCCS[PH](=O)O.N=C=S. The van der Waals surface area contributed by atoms with Crippen LogP contribution in [0.25, 0.3) is 0 Å². The van der Waals surface area contributed by atoms with Crippen molar-refractivity contribution in [3.05, 3.63) is 0 Å². The lowest BCUT2D eigenvalue weighted by Gasteiger charge is -1.87. The monoisotopic (exact) mass is 199 g/mol. The maximum atomic E-state index is 9.91. The summed E-state index contributed by atoms with van der Waals surface area (Å²) in [5.74, 6) is 0.800. The Balaban J connectivity index is 0. The normalized spacial score (nSPS) is 10.6. The molecule has 0 amide bonds. The van der Waals surface area contributed by atoms with Crippen molar-refractivity contribution < 1.29 is 9.46 Å². The van der Waals surface area contributed by atoms with Crippen LogP contribution in [0.15, 0.2) is 0 Å². The maximum Gasteiger partial charge on any atom is 0.243 e. The van der Waals surface area contributed by atoms with Crippen LogP contribution in [-0.4, -0.2) is 15.8 Å². The summed E-state index contributed by atoms with van der Waals surface area (Å²) in [5.41, 5.74) is 0. The van der Waals surface area contributed by atoms with E-state index in [1.807, 2.05) is 6.92 Å². The van der Waals surface area contributed by atoms with Gasteiger partial charge < -0.3 is 4.89 Å². The van der Waals surface area contributed by atoms with Gasteiger partial charge in [0.2, 0.25) is 7.23 Å². The molecule has 60 valence electrons. The molecule has 0 aliphatic heterocycles. The van der Waals surface area contributed by atoms with Crippen LogP contribution >= 0.6 is 30.8 Å². The molecule has 0 bridgehead atoms. The Morgan fingerprint density at radius 1 is 1.90 bits per heavy atom. The lowest BCUT2D eigenvalue weighted by atomic mass is 10.6. The Bertz CT molecular complexity index is 124. The van der Waals surface area contributed by atoms with Gasteiger partial charge in [-0.05, 0) is 18.6 Å². The van der Waals surface area contributed by atoms with E-state index >= 15 is 0 Å². The molecule has 6 heteroatoms. The fourth-order valence-corrected chi connectivity index (χ4v) is 1.70. The van der Waals surface area contributed by atoms with E-state index in [4.69, 9.17) is 10.3 Å². The fourth-order valence-electron chi connectivity index (χ4n) is 0.189. The topological polar surface area (TPSA) is 61.1 Å². The summed E-state index contributed by atoms with van der Waals surface area (Å²) in [6, 6.07) is 0. The average molecular weight is 199 g/mol. The molecule has 0 aromatic rings. The van der Waals surface area contributed by atoms with E-state index in [9.17, 15) is 4.57 Å². The predicted octanol–water partition coefficient (Wildman–Crippen LogP) is 2.18. The maximum absolute atomic E-state index is 9.91. The van der Waals surface area contributed by atoms with E-state index in [0.29, 0.717) is 0 Å². The molecule has 3 nitrogen and oxygen atoms in total. The molecule has 0 spiro atoms. The van der Waals surface area contributed by atoms with Crippen LogP contribution in [0.4, 0.5) is 0 Å². The minimum atomic E-state index is -2.23. The Hall–Kier alpha value is 0.340. The Morgan fingerprint density at radius 2 is 2.30 bits per heavy atom.